The zero-order valence-electron chi connectivity index (χ0n) is 12.8. The van der Waals surface area contributed by atoms with Gasteiger partial charge in [0.15, 0.2) is 0 Å². The Kier molecular flexibility index (Phi) is 4.50. The quantitative estimate of drug-likeness (QED) is 0.859. The van der Waals surface area contributed by atoms with Gasteiger partial charge in [-0.2, -0.15) is 10.2 Å². The molecule has 0 radical (unpaired) electrons. The number of rotatable bonds is 5. The number of nitrogens with one attached hydrogen (secondary N) is 1. The summed E-state index contributed by atoms with van der Waals surface area (Å²) in [6, 6.07) is 0. The smallest absolute Gasteiger partial charge is 0.131 e. The van der Waals surface area contributed by atoms with E-state index in [0.29, 0.717) is 5.15 Å². The van der Waals surface area contributed by atoms with Crippen molar-refractivity contribution >= 4 is 11.6 Å². The fourth-order valence-corrected chi connectivity index (χ4v) is 2.72. The molecule has 1 N–H and O–H groups in total. The molecule has 0 aliphatic carbocycles. The molecule has 2 aromatic rings. The Bertz CT molecular complexity index is 557. The molecular weight excluding hydrogens is 274 g/mol. The minimum absolute atomic E-state index is 0.712. The number of aryl methyl sites for hydroxylation is 4. The minimum atomic E-state index is 0.712. The van der Waals surface area contributed by atoms with Crippen molar-refractivity contribution in [2.45, 2.75) is 33.7 Å². The molecule has 0 aromatic carbocycles. The van der Waals surface area contributed by atoms with E-state index >= 15 is 0 Å². The predicted octanol–water partition coefficient (Wildman–Crippen LogP) is 2.06. The highest BCUT2D eigenvalue weighted by atomic mass is 35.5. The standard InChI is InChI=1S/C14H22ClN5/c1-9-12(11(3)19(4)17-9)6-7-16-8-13-10(2)18-20(5)14(13)15/h16H,6-8H2,1-5H3. The third kappa shape index (κ3) is 2.88. The summed E-state index contributed by atoms with van der Waals surface area (Å²) in [4.78, 5) is 0. The lowest BCUT2D eigenvalue weighted by Gasteiger charge is -2.05. The van der Waals surface area contributed by atoms with Crippen LogP contribution >= 0.6 is 11.6 Å². The number of halogens is 1. The van der Waals surface area contributed by atoms with Crippen LogP contribution in [0.5, 0.6) is 0 Å². The minimum Gasteiger partial charge on any atom is -0.312 e. The van der Waals surface area contributed by atoms with Crippen LogP contribution in [0.25, 0.3) is 0 Å². The first kappa shape index (κ1) is 15.1. The summed E-state index contributed by atoms with van der Waals surface area (Å²) in [6.07, 6.45) is 0.975. The molecule has 0 saturated heterocycles. The zero-order chi connectivity index (χ0) is 14.9. The largest absolute Gasteiger partial charge is 0.312 e. The maximum Gasteiger partial charge on any atom is 0.131 e. The van der Waals surface area contributed by atoms with E-state index in [0.717, 1.165) is 36.5 Å². The number of aromatic nitrogens is 4. The molecule has 6 heteroatoms. The molecule has 5 nitrogen and oxygen atoms in total. The first-order valence-corrected chi connectivity index (χ1v) is 7.17. The summed E-state index contributed by atoms with van der Waals surface area (Å²) in [5.41, 5.74) is 5.74. The second-order valence-electron chi connectivity index (χ2n) is 5.18. The summed E-state index contributed by atoms with van der Waals surface area (Å²) >= 11 is 6.21. The second-order valence-corrected chi connectivity index (χ2v) is 5.54. The third-order valence-electron chi connectivity index (χ3n) is 3.78. The highest BCUT2D eigenvalue weighted by molar-refractivity contribution is 6.30. The molecular formula is C14H22ClN5. The maximum atomic E-state index is 6.21. The van der Waals surface area contributed by atoms with Crippen molar-refractivity contribution in [2.24, 2.45) is 14.1 Å². The summed E-state index contributed by atoms with van der Waals surface area (Å²) in [5.74, 6) is 0. The molecule has 0 amide bonds. The Labute approximate surface area is 124 Å². The van der Waals surface area contributed by atoms with Gasteiger partial charge in [-0.25, -0.2) is 0 Å². The molecule has 2 heterocycles. The van der Waals surface area contributed by atoms with E-state index in [-0.39, 0.29) is 0 Å². The van der Waals surface area contributed by atoms with Crippen LogP contribution in [0.4, 0.5) is 0 Å². The average Bonchev–Trinajstić information content (AvgIpc) is 2.76. The molecule has 2 rings (SSSR count). The van der Waals surface area contributed by atoms with Crippen LogP contribution in [0.1, 0.15) is 28.2 Å². The molecule has 0 spiro atoms. The second kappa shape index (κ2) is 5.97. The van der Waals surface area contributed by atoms with Gasteiger partial charge in [-0.05, 0) is 39.3 Å². The lowest BCUT2D eigenvalue weighted by Crippen LogP contribution is -2.17. The van der Waals surface area contributed by atoms with Crippen LogP contribution in [0.15, 0.2) is 0 Å². The lowest BCUT2D eigenvalue weighted by atomic mass is 10.1. The normalized spacial score (nSPS) is 11.3. The van der Waals surface area contributed by atoms with E-state index in [1.807, 2.05) is 25.7 Å². The lowest BCUT2D eigenvalue weighted by molar-refractivity contribution is 0.680. The fraction of sp³-hybridized carbons (Fsp3) is 0.571. The van der Waals surface area contributed by atoms with Crippen LogP contribution in [-0.4, -0.2) is 26.1 Å². The van der Waals surface area contributed by atoms with Gasteiger partial charge in [-0.15, -0.1) is 0 Å². The molecule has 0 unspecified atom stereocenters. The van der Waals surface area contributed by atoms with Crippen molar-refractivity contribution in [3.05, 3.63) is 33.4 Å². The Balaban J connectivity index is 1.91. The molecule has 0 saturated carbocycles. The van der Waals surface area contributed by atoms with Gasteiger partial charge in [0.25, 0.3) is 0 Å². The molecule has 0 aliphatic rings. The highest BCUT2D eigenvalue weighted by Crippen LogP contribution is 2.18. The van der Waals surface area contributed by atoms with Crippen LogP contribution in [-0.2, 0) is 27.1 Å². The highest BCUT2D eigenvalue weighted by Gasteiger charge is 2.11. The SMILES string of the molecule is Cc1nn(C)c(C)c1CCNCc1c(C)nn(C)c1Cl. The van der Waals surface area contributed by atoms with E-state index in [9.17, 15) is 0 Å². The van der Waals surface area contributed by atoms with E-state index < -0.39 is 0 Å². The fourth-order valence-electron chi connectivity index (χ4n) is 2.48. The third-order valence-corrected chi connectivity index (χ3v) is 4.26. The molecule has 0 aliphatic heterocycles. The zero-order valence-corrected chi connectivity index (χ0v) is 13.5. The molecule has 0 fully saturated rings. The van der Waals surface area contributed by atoms with Gasteiger partial charge in [0.05, 0.1) is 11.4 Å². The summed E-state index contributed by atoms with van der Waals surface area (Å²) in [5, 5.41) is 12.9. The summed E-state index contributed by atoms with van der Waals surface area (Å²) in [6.45, 7) is 7.80. The first-order chi connectivity index (χ1) is 9.41. The Morgan fingerprint density at radius 2 is 1.60 bits per heavy atom. The maximum absolute atomic E-state index is 6.21. The van der Waals surface area contributed by atoms with Gasteiger partial charge in [-0.3, -0.25) is 9.36 Å². The molecule has 0 bridgehead atoms. The van der Waals surface area contributed by atoms with E-state index in [1.165, 1.54) is 11.3 Å². The molecule has 2 aromatic heterocycles. The van der Waals surface area contributed by atoms with Gasteiger partial charge in [0.2, 0.25) is 0 Å². The van der Waals surface area contributed by atoms with Crippen molar-refractivity contribution < 1.29 is 0 Å². The van der Waals surface area contributed by atoms with E-state index in [1.54, 1.807) is 4.68 Å². The number of hydrogen-bond donors (Lipinski definition) is 1. The molecule has 20 heavy (non-hydrogen) atoms. The average molecular weight is 296 g/mol. The van der Waals surface area contributed by atoms with E-state index in [4.69, 9.17) is 11.6 Å². The molecule has 110 valence electrons. The Hall–Kier alpha value is -1.33. The Morgan fingerprint density at radius 1 is 1.00 bits per heavy atom. The van der Waals surface area contributed by atoms with Crippen LogP contribution in [0, 0.1) is 20.8 Å². The number of hydrogen-bond acceptors (Lipinski definition) is 3. The van der Waals surface area contributed by atoms with Crippen molar-refractivity contribution in [2.75, 3.05) is 6.54 Å². The van der Waals surface area contributed by atoms with Crippen molar-refractivity contribution in [1.82, 2.24) is 24.9 Å². The van der Waals surface area contributed by atoms with Crippen molar-refractivity contribution in [1.29, 1.82) is 0 Å². The van der Waals surface area contributed by atoms with Gasteiger partial charge in [0.1, 0.15) is 5.15 Å². The van der Waals surface area contributed by atoms with Crippen LogP contribution in [0.2, 0.25) is 5.15 Å². The van der Waals surface area contributed by atoms with Crippen LogP contribution in [0.3, 0.4) is 0 Å². The predicted molar refractivity (Wildman–Crippen MR) is 81.0 cm³/mol. The topological polar surface area (TPSA) is 47.7 Å². The van der Waals surface area contributed by atoms with Gasteiger partial charge < -0.3 is 5.32 Å². The van der Waals surface area contributed by atoms with Gasteiger partial charge in [0, 0.05) is 31.9 Å². The van der Waals surface area contributed by atoms with Crippen molar-refractivity contribution in [3.63, 3.8) is 0 Å². The first-order valence-electron chi connectivity index (χ1n) is 6.79. The van der Waals surface area contributed by atoms with E-state index in [2.05, 4.69) is 29.4 Å². The molecule has 0 atom stereocenters. The van der Waals surface area contributed by atoms with Crippen molar-refractivity contribution in [3.8, 4) is 0 Å². The number of nitrogens with zero attached hydrogens (tertiary/aromatic N) is 4. The Morgan fingerprint density at radius 3 is 2.10 bits per heavy atom. The summed E-state index contributed by atoms with van der Waals surface area (Å²) in [7, 11) is 3.85. The summed E-state index contributed by atoms with van der Waals surface area (Å²) < 4.78 is 3.65. The monoisotopic (exact) mass is 295 g/mol. The van der Waals surface area contributed by atoms with Crippen LogP contribution < -0.4 is 5.32 Å². The van der Waals surface area contributed by atoms with Gasteiger partial charge in [-0.1, -0.05) is 11.6 Å². The van der Waals surface area contributed by atoms with Gasteiger partial charge >= 0.3 is 0 Å².